The van der Waals surface area contributed by atoms with Gasteiger partial charge in [0.05, 0.1) is 5.41 Å². The highest BCUT2D eigenvalue weighted by molar-refractivity contribution is 9.11. The summed E-state index contributed by atoms with van der Waals surface area (Å²) in [5.74, 6) is 1.88. The van der Waals surface area contributed by atoms with E-state index in [1.807, 2.05) is 0 Å². The van der Waals surface area contributed by atoms with Crippen molar-refractivity contribution in [2.45, 2.75) is 45.4 Å². The van der Waals surface area contributed by atoms with Crippen LogP contribution in [0, 0.1) is 22.7 Å². The maximum atomic E-state index is 12.6. The van der Waals surface area contributed by atoms with Crippen LogP contribution in [-0.4, -0.2) is 12.5 Å². The van der Waals surface area contributed by atoms with Crippen LogP contribution in [0.3, 0.4) is 0 Å². The maximum Gasteiger partial charge on any atom is 0.226 e. The number of halogens is 1. The van der Waals surface area contributed by atoms with E-state index in [1.165, 1.54) is 19.3 Å². The largest absolute Gasteiger partial charge is 0.351 e. The van der Waals surface area contributed by atoms with Crippen LogP contribution >= 0.6 is 15.9 Å². The fourth-order valence-electron chi connectivity index (χ4n) is 5.35. The summed E-state index contributed by atoms with van der Waals surface area (Å²) in [5.41, 5.74) is 0.383. The molecule has 4 fully saturated rings. The molecular weight excluding hydrogens is 290 g/mol. The van der Waals surface area contributed by atoms with Crippen molar-refractivity contribution in [3.8, 4) is 0 Å². The number of amides is 1. The van der Waals surface area contributed by atoms with E-state index in [2.05, 4.69) is 34.7 Å². The third-order valence-corrected chi connectivity index (χ3v) is 5.56. The average molecular weight is 312 g/mol. The van der Waals surface area contributed by atoms with Gasteiger partial charge in [0.25, 0.3) is 0 Å². The van der Waals surface area contributed by atoms with Gasteiger partial charge in [0, 0.05) is 11.0 Å². The molecule has 18 heavy (non-hydrogen) atoms. The Labute approximate surface area is 118 Å². The number of rotatable bonds is 3. The van der Waals surface area contributed by atoms with Crippen molar-refractivity contribution in [1.82, 2.24) is 5.32 Å². The van der Waals surface area contributed by atoms with Gasteiger partial charge in [-0.1, -0.05) is 29.4 Å². The lowest BCUT2D eigenvalue weighted by Gasteiger charge is -2.60. The van der Waals surface area contributed by atoms with Gasteiger partial charge >= 0.3 is 0 Å². The summed E-state index contributed by atoms with van der Waals surface area (Å²) in [4.78, 5) is 12.6. The Morgan fingerprint density at radius 2 is 1.94 bits per heavy atom. The molecule has 0 aliphatic heterocycles. The molecule has 3 heteroatoms. The van der Waals surface area contributed by atoms with Crippen molar-refractivity contribution in [2.75, 3.05) is 6.54 Å². The molecule has 0 radical (unpaired) electrons. The van der Waals surface area contributed by atoms with Crippen LogP contribution in [-0.2, 0) is 4.79 Å². The van der Waals surface area contributed by atoms with E-state index in [4.69, 9.17) is 0 Å². The van der Waals surface area contributed by atoms with Crippen LogP contribution in [0.5, 0.6) is 0 Å². The summed E-state index contributed by atoms with van der Waals surface area (Å²) in [6.45, 7) is 6.75. The van der Waals surface area contributed by atoms with Crippen LogP contribution in [0.4, 0.5) is 0 Å². The minimum atomic E-state index is -0.0543. The van der Waals surface area contributed by atoms with Gasteiger partial charge in [0.1, 0.15) is 0 Å². The van der Waals surface area contributed by atoms with Gasteiger partial charge in [-0.3, -0.25) is 4.79 Å². The van der Waals surface area contributed by atoms with Crippen molar-refractivity contribution in [3.63, 3.8) is 0 Å². The van der Waals surface area contributed by atoms with Crippen molar-refractivity contribution >= 4 is 21.8 Å². The first-order valence-electron chi connectivity index (χ1n) is 7.02. The van der Waals surface area contributed by atoms with Crippen molar-refractivity contribution in [1.29, 1.82) is 0 Å². The summed E-state index contributed by atoms with van der Waals surface area (Å²) in [7, 11) is 0. The van der Waals surface area contributed by atoms with Gasteiger partial charge in [-0.05, 0) is 55.8 Å². The fraction of sp³-hybridized carbons (Fsp3) is 0.800. The van der Waals surface area contributed by atoms with E-state index in [0.29, 0.717) is 12.0 Å². The lowest BCUT2D eigenvalue weighted by Crippen LogP contribution is -2.56. The van der Waals surface area contributed by atoms with E-state index in [0.717, 1.165) is 35.6 Å². The quantitative estimate of drug-likeness (QED) is 0.847. The molecule has 2 nitrogen and oxygen atoms in total. The minimum absolute atomic E-state index is 0.0543. The molecule has 4 saturated carbocycles. The number of hydrogen-bond acceptors (Lipinski definition) is 1. The van der Waals surface area contributed by atoms with Gasteiger partial charge in [0.15, 0.2) is 0 Å². The van der Waals surface area contributed by atoms with E-state index >= 15 is 0 Å². The molecule has 0 aromatic rings. The van der Waals surface area contributed by atoms with Crippen molar-refractivity contribution in [3.05, 3.63) is 11.1 Å². The van der Waals surface area contributed by atoms with Crippen LogP contribution in [0.25, 0.3) is 0 Å². The maximum absolute atomic E-state index is 12.6. The van der Waals surface area contributed by atoms with Crippen molar-refractivity contribution in [2.24, 2.45) is 22.7 Å². The minimum Gasteiger partial charge on any atom is -0.351 e. The third-order valence-electron chi connectivity index (χ3n) is 5.28. The Hall–Kier alpha value is -0.310. The molecule has 0 spiro atoms. The molecule has 0 aromatic carbocycles. The Bertz CT molecular complexity index is 389. The predicted molar refractivity (Wildman–Crippen MR) is 76.3 cm³/mol. The zero-order chi connectivity index (χ0) is 13.0. The molecule has 4 aliphatic rings. The topological polar surface area (TPSA) is 29.1 Å². The van der Waals surface area contributed by atoms with Crippen LogP contribution in [0.1, 0.15) is 45.4 Å². The lowest BCUT2D eigenvalue weighted by atomic mass is 9.44. The molecule has 100 valence electrons. The summed E-state index contributed by atoms with van der Waals surface area (Å²) in [5, 5.41) is 3.07. The first-order chi connectivity index (χ1) is 8.41. The molecule has 2 atom stereocenters. The number of carbonyl (C=O) groups excluding carboxylic acids is 1. The van der Waals surface area contributed by atoms with Gasteiger partial charge < -0.3 is 5.32 Å². The molecule has 0 aromatic heterocycles. The standard InChI is InChI=1S/C15H22BrNO/c1-10(16)8-17-13(18)15-6-11-3-12(7-15)5-14(2,4-11)9-15/h11-12H,1,3-9H2,2H3,(H,17,18). The summed E-state index contributed by atoms with van der Waals surface area (Å²) >= 11 is 3.31. The SMILES string of the molecule is C=C(Br)CNC(=O)C12CC3CC(CC(C)(C3)C1)C2. The average Bonchev–Trinajstić information content (AvgIpc) is 2.22. The molecule has 0 saturated heterocycles. The second-order valence-corrected chi connectivity index (χ2v) is 8.37. The molecule has 0 heterocycles. The van der Waals surface area contributed by atoms with E-state index in [-0.39, 0.29) is 11.3 Å². The Morgan fingerprint density at radius 3 is 2.44 bits per heavy atom. The van der Waals surface area contributed by atoms with Crippen molar-refractivity contribution < 1.29 is 4.79 Å². The zero-order valence-electron chi connectivity index (χ0n) is 11.1. The molecular formula is C15H22BrNO. The number of carbonyl (C=O) groups is 1. The van der Waals surface area contributed by atoms with Crippen LogP contribution in [0.15, 0.2) is 11.1 Å². The van der Waals surface area contributed by atoms with E-state index < -0.39 is 0 Å². The van der Waals surface area contributed by atoms with E-state index in [1.54, 1.807) is 0 Å². The van der Waals surface area contributed by atoms with Crippen LogP contribution in [0.2, 0.25) is 0 Å². The Morgan fingerprint density at radius 1 is 1.33 bits per heavy atom. The molecule has 2 unspecified atom stereocenters. The number of nitrogens with one attached hydrogen (secondary N) is 1. The van der Waals surface area contributed by atoms with Crippen LogP contribution < -0.4 is 5.32 Å². The smallest absolute Gasteiger partial charge is 0.226 e. The first-order valence-corrected chi connectivity index (χ1v) is 7.82. The molecule has 4 aliphatic carbocycles. The molecule has 1 amide bonds. The monoisotopic (exact) mass is 311 g/mol. The van der Waals surface area contributed by atoms with Gasteiger partial charge in [0.2, 0.25) is 5.91 Å². The zero-order valence-corrected chi connectivity index (χ0v) is 12.7. The van der Waals surface area contributed by atoms with Gasteiger partial charge in [-0.25, -0.2) is 0 Å². The predicted octanol–water partition coefficient (Wildman–Crippen LogP) is 3.62. The summed E-state index contributed by atoms with van der Waals surface area (Å²) in [6.07, 6.45) is 7.43. The third kappa shape index (κ3) is 2.04. The summed E-state index contributed by atoms with van der Waals surface area (Å²) < 4.78 is 0.854. The highest BCUT2D eigenvalue weighted by atomic mass is 79.9. The fourth-order valence-corrected chi connectivity index (χ4v) is 5.49. The van der Waals surface area contributed by atoms with Gasteiger partial charge in [-0.15, -0.1) is 0 Å². The second kappa shape index (κ2) is 4.09. The highest BCUT2D eigenvalue weighted by Crippen LogP contribution is 2.65. The Kier molecular flexibility index (Phi) is 2.89. The highest BCUT2D eigenvalue weighted by Gasteiger charge is 2.58. The van der Waals surface area contributed by atoms with Gasteiger partial charge in [-0.2, -0.15) is 0 Å². The molecule has 4 rings (SSSR count). The first kappa shape index (κ1) is 12.7. The molecule has 1 N–H and O–H groups in total. The lowest BCUT2D eigenvalue weighted by molar-refractivity contribution is -0.155. The normalized spacial score (nSPS) is 45.0. The Balaban J connectivity index is 1.78. The summed E-state index contributed by atoms with van der Waals surface area (Å²) in [6, 6.07) is 0. The molecule has 4 bridgehead atoms. The number of hydrogen-bond donors (Lipinski definition) is 1. The second-order valence-electron chi connectivity index (χ2n) is 7.25. The van der Waals surface area contributed by atoms with E-state index in [9.17, 15) is 4.79 Å².